The Morgan fingerprint density at radius 2 is 2.14 bits per heavy atom. The van der Waals surface area contributed by atoms with Gasteiger partial charge in [0.05, 0.1) is 21.0 Å². The fourth-order valence-corrected chi connectivity index (χ4v) is 4.84. The summed E-state index contributed by atoms with van der Waals surface area (Å²) >= 11 is 2.61. The number of nitro benzene ring substituents is 1. The number of esters is 1. The molecule has 1 atom stereocenters. The van der Waals surface area contributed by atoms with Crippen LogP contribution in [0, 0.1) is 10.1 Å². The summed E-state index contributed by atoms with van der Waals surface area (Å²) in [5.41, 5.74) is 0.728. The lowest BCUT2D eigenvalue weighted by Gasteiger charge is -2.34. The maximum Gasteiger partial charge on any atom is 0.357 e. The van der Waals surface area contributed by atoms with Crippen molar-refractivity contribution in [3.63, 3.8) is 0 Å². The predicted molar refractivity (Wildman–Crippen MR) is 103 cm³/mol. The third-order valence-corrected chi connectivity index (χ3v) is 6.14. The maximum absolute atomic E-state index is 12.6. The first kappa shape index (κ1) is 20.0. The molecule has 0 radical (unpaired) electrons. The van der Waals surface area contributed by atoms with E-state index in [-0.39, 0.29) is 35.2 Å². The lowest BCUT2D eigenvalue weighted by Crippen LogP contribution is -2.48. The maximum atomic E-state index is 12.6. The second-order valence-electron chi connectivity index (χ2n) is 5.80. The number of nitrogens with zero attached hydrogens (tertiary/aromatic N) is 2. The highest BCUT2D eigenvalue weighted by atomic mass is 32.2. The number of ether oxygens (including phenoxy) is 1. The number of hydrogen-bond acceptors (Lipinski definition) is 8. The van der Waals surface area contributed by atoms with Crippen molar-refractivity contribution >= 4 is 47.0 Å². The van der Waals surface area contributed by atoms with Gasteiger partial charge in [0, 0.05) is 25.3 Å². The van der Waals surface area contributed by atoms with Gasteiger partial charge in [0.1, 0.15) is 6.61 Å². The third-order valence-electron chi connectivity index (χ3n) is 3.82. The summed E-state index contributed by atoms with van der Waals surface area (Å²) in [5, 5.41) is 14.7. The summed E-state index contributed by atoms with van der Waals surface area (Å²) in [4.78, 5) is 46.9. The molecule has 0 spiro atoms. The smallest absolute Gasteiger partial charge is 0.357 e. The Balaban J connectivity index is 1.67. The number of fused-ring (bicyclic) bond motifs is 1. The quantitative estimate of drug-likeness (QED) is 0.309. The Bertz CT molecular complexity index is 897. The van der Waals surface area contributed by atoms with Crippen molar-refractivity contribution < 1.29 is 24.0 Å². The summed E-state index contributed by atoms with van der Waals surface area (Å²) in [7, 11) is 0. The number of non-ortho nitro benzene ring substituents is 1. The topological polar surface area (TPSA) is 119 Å². The molecule has 1 aromatic carbocycles. The zero-order chi connectivity index (χ0) is 20.3. The molecular formula is C17H15N3O6S2. The van der Waals surface area contributed by atoms with Crippen LogP contribution in [0.5, 0.6) is 0 Å². The Labute approximate surface area is 168 Å². The zero-order valence-electron chi connectivity index (χ0n) is 14.6. The molecule has 1 aromatic rings. The Morgan fingerprint density at radius 3 is 2.75 bits per heavy atom. The van der Waals surface area contributed by atoms with Crippen LogP contribution in [-0.4, -0.2) is 33.0 Å². The Hall–Kier alpha value is -2.79. The SMILES string of the molecule is CC(=O)N/C=C/SC1=C(C(=O)OCc2ccc([N+](=O)[O-])cc2)N2C(=O)C[C@H]2S1. The van der Waals surface area contributed by atoms with Crippen LogP contribution in [0.15, 0.2) is 45.8 Å². The second-order valence-corrected chi connectivity index (χ2v) is 8.16. The molecule has 1 fully saturated rings. The van der Waals surface area contributed by atoms with E-state index in [0.717, 1.165) is 0 Å². The van der Waals surface area contributed by atoms with Crippen LogP contribution in [0.2, 0.25) is 0 Å². The van der Waals surface area contributed by atoms with Crippen LogP contribution < -0.4 is 5.32 Å². The van der Waals surface area contributed by atoms with E-state index < -0.39 is 10.9 Å². The molecule has 2 amide bonds. The lowest BCUT2D eigenvalue weighted by molar-refractivity contribution is -0.384. The molecule has 11 heteroatoms. The van der Waals surface area contributed by atoms with Crippen LogP contribution in [-0.2, 0) is 25.7 Å². The standard InChI is InChI=1S/C17H15N3O6S2/c1-10(21)18-6-7-27-17-15(19-13(22)8-14(19)28-17)16(23)26-9-11-2-4-12(5-3-11)20(24)25/h2-7,14H,8-9H2,1H3,(H,18,21)/b7-6+/t14-/m1/s1. The number of thioether (sulfide) groups is 2. The van der Waals surface area contributed by atoms with E-state index >= 15 is 0 Å². The van der Waals surface area contributed by atoms with Gasteiger partial charge in [0.25, 0.3) is 5.69 Å². The number of carbonyl (C=O) groups excluding carboxylic acids is 3. The molecule has 2 aliphatic heterocycles. The van der Waals surface area contributed by atoms with Gasteiger partial charge in [-0.25, -0.2) is 4.79 Å². The number of amides is 2. The number of rotatable bonds is 7. The fourth-order valence-electron chi connectivity index (χ4n) is 2.47. The summed E-state index contributed by atoms with van der Waals surface area (Å²) in [6.45, 7) is 1.31. The molecule has 0 saturated carbocycles. The van der Waals surface area contributed by atoms with Gasteiger partial charge in [-0.15, -0.1) is 0 Å². The van der Waals surface area contributed by atoms with Crippen molar-refractivity contribution in [1.29, 1.82) is 0 Å². The molecule has 0 unspecified atom stereocenters. The molecule has 2 aliphatic rings. The summed E-state index contributed by atoms with van der Waals surface area (Å²) in [5.74, 6) is -1.01. The number of β-lactam (4-membered cyclic amide) rings is 1. The van der Waals surface area contributed by atoms with Crippen LogP contribution >= 0.6 is 23.5 Å². The van der Waals surface area contributed by atoms with Crippen LogP contribution in [0.4, 0.5) is 5.69 Å². The second kappa shape index (κ2) is 8.48. The molecule has 0 bridgehead atoms. The predicted octanol–water partition coefficient (Wildman–Crippen LogP) is 2.45. The normalized spacial score (nSPS) is 18.1. The lowest BCUT2D eigenvalue weighted by atomic mass is 10.2. The monoisotopic (exact) mass is 421 g/mol. The van der Waals surface area contributed by atoms with Gasteiger partial charge in [-0.2, -0.15) is 0 Å². The van der Waals surface area contributed by atoms with Crippen molar-refractivity contribution in [2.75, 3.05) is 0 Å². The molecule has 28 heavy (non-hydrogen) atoms. The van der Waals surface area contributed by atoms with Gasteiger partial charge in [-0.3, -0.25) is 24.6 Å². The molecule has 0 aromatic heterocycles. The van der Waals surface area contributed by atoms with E-state index in [1.807, 2.05) is 0 Å². The molecule has 9 nitrogen and oxygen atoms in total. The Morgan fingerprint density at radius 1 is 1.43 bits per heavy atom. The van der Waals surface area contributed by atoms with Gasteiger partial charge in [0.2, 0.25) is 11.8 Å². The first-order valence-corrected chi connectivity index (χ1v) is 9.85. The van der Waals surface area contributed by atoms with Gasteiger partial charge < -0.3 is 10.1 Å². The minimum Gasteiger partial charge on any atom is -0.456 e. The first-order chi connectivity index (χ1) is 13.4. The summed E-state index contributed by atoms with van der Waals surface area (Å²) < 4.78 is 5.92. The average molecular weight is 421 g/mol. The van der Waals surface area contributed by atoms with Crippen molar-refractivity contribution in [2.45, 2.75) is 25.3 Å². The van der Waals surface area contributed by atoms with E-state index in [9.17, 15) is 24.5 Å². The molecule has 0 aliphatic carbocycles. The van der Waals surface area contributed by atoms with Crippen molar-refractivity contribution in [3.8, 4) is 0 Å². The molecule has 2 heterocycles. The van der Waals surface area contributed by atoms with Crippen molar-refractivity contribution in [2.24, 2.45) is 0 Å². The highest BCUT2D eigenvalue weighted by Crippen LogP contribution is 2.50. The molecular weight excluding hydrogens is 406 g/mol. The molecule has 146 valence electrons. The third kappa shape index (κ3) is 4.37. The minimum absolute atomic E-state index is 0.0522. The van der Waals surface area contributed by atoms with Gasteiger partial charge in [0.15, 0.2) is 5.70 Å². The number of benzene rings is 1. The van der Waals surface area contributed by atoms with E-state index in [4.69, 9.17) is 4.74 Å². The fraction of sp³-hybridized carbons (Fsp3) is 0.235. The Kier molecular flexibility index (Phi) is 6.05. The van der Waals surface area contributed by atoms with E-state index in [2.05, 4.69) is 5.32 Å². The molecule has 1 saturated heterocycles. The number of hydrogen-bond donors (Lipinski definition) is 1. The van der Waals surface area contributed by atoms with Crippen LogP contribution in [0.3, 0.4) is 0 Å². The summed E-state index contributed by atoms with van der Waals surface area (Å²) in [6.07, 6.45) is 1.81. The van der Waals surface area contributed by atoms with Crippen molar-refractivity contribution in [3.05, 3.63) is 61.5 Å². The summed E-state index contributed by atoms with van der Waals surface area (Å²) in [6, 6.07) is 5.67. The van der Waals surface area contributed by atoms with Gasteiger partial charge in [-0.1, -0.05) is 23.5 Å². The highest BCUT2D eigenvalue weighted by molar-refractivity contribution is 8.24. The molecule has 3 rings (SSSR count). The van der Waals surface area contributed by atoms with E-state index in [0.29, 0.717) is 16.2 Å². The van der Waals surface area contributed by atoms with E-state index in [1.165, 1.54) is 65.8 Å². The molecule has 1 N–H and O–H groups in total. The van der Waals surface area contributed by atoms with E-state index in [1.54, 1.807) is 5.41 Å². The zero-order valence-corrected chi connectivity index (χ0v) is 16.2. The number of nitro groups is 1. The number of carbonyl (C=O) groups is 3. The highest BCUT2D eigenvalue weighted by Gasteiger charge is 2.49. The average Bonchev–Trinajstić information content (AvgIpc) is 2.95. The van der Waals surface area contributed by atoms with Crippen LogP contribution in [0.25, 0.3) is 0 Å². The first-order valence-electron chi connectivity index (χ1n) is 8.09. The largest absolute Gasteiger partial charge is 0.456 e. The van der Waals surface area contributed by atoms with Crippen molar-refractivity contribution in [1.82, 2.24) is 10.2 Å². The minimum atomic E-state index is -0.642. The van der Waals surface area contributed by atoms with Crippen LogP contribution in [0.1, 0.15) is 18.9 Å². The van der Waals surface area contributed by atoms with Gasteiger partial charge in [-0.05, 0) is 23.1 Å². The number of nitrogens with one attached hydrogen (secondary N) is 1. The van der Waals surface area contributed by atoms with Gasteiger partial charge >= 0.3 is 5.97 Å².